The Morgan fingerprint density at radius 3 is 1.63 bits per heavy atom. The fraction of sp³-hybridized carbons (Fsp3) is 0.500. The predicted molar refractivity (Wildman–Crippen MR) is 163 cm³/mol. The van der Waals surface area contributed by atoms with Crippen LogP contribution in [0.2, 0.25) is 0 Å². The monoisotopic (exact) mass is 652 g/mol. The molecule has 0 saturated carbocycles. The first-order valence-corrected chi connectivity index (χ1v) is 14.5. The quantitative estimate of drug-likeness (QED) is 0.0725. The highest BCUT2D eigenvalue weighted by atomic mass is 16.7. The summed E-state index contributed by atoms with van der Waals surface area (Å²) in [5, 5.41) is 79.1. The van der Waals surface area contributed by atoms with Crippen LogP contribution >= 0.6 is 0 Å². The molecule has 2 fully saturated rings. The zero-order valence-corrected chi connectivity index (χ0v) is 26.0. The van der Waals surface area contributed by atoms with Gasteiger partial charge in [-0.1, -0.05) is 71.9 Å². The van der Waals surface area contributed by atoms with Crippen LogP contribution in [-0.4, -0.2) is 127 Å². The molecule has 46 heavy (non-hydrogen) atoms. The minimum atomic E-state index is -1.80. The van der Waals surface area contributed by atoms with Crippen molar-refractivity contribution >= 4 is 11.9 Å². The molecule has 0 aromatic rings. The first-order chi connectivity index (χ1) is 21.7. The molecule has 10 atom stereocenters. The second-order valence-electron chi connectivity index (χ2n) is 10.9. The maximum atomic E-state index is 12.6. The molecule has 2 aliphatic rings. The molecule has 0 aromatic carbocycles. The third-order valence-corrected chi connectivity index (χ3v) is 7.06. The van der Waals surface area contributed by atoms with Crippen molar-refractivity contribution in [3.8, 4) is 0 Å². The Hall–Kier alpha value is -3.28. The lowest BCUT2D eigenvalue weighted by atomic mass is 9.98. The first kappa shape index (κ1) is 38.9. The summed E-state index contributed by atoms with van der Waals surface area (Å²) in [5.41, 5.74) is 2.11. The summed E-state index contributed by atoms with van der Waals surface area (Å²) in [4.78, 5) is 23.4. The topological polar surface area (TPSA) is 233 Å². The second-order valence-corrected chi connectivity index (χ2v) is 10.9. The number of hydrogen-bond donors (Lipinski definition) is 8. The van der Waals surface area contributed by atoms with Gasteiger partial charge in [-0.15, -0.1) is 0 Å². The first-order valence-electron chi connectivity index (χ1n) is 14.5. The van der Waals surface area contributed by atoms with E-state index in [0.717, 1.165) is 11.1 Å². The average molecular weight is 653 g/mol. The number of allylic oxidation sites excluding steroid dienone is 12. The van der Waals surface area contributed by atoms with Crippen LogP contribution in [0.3, 0.4) is 0 Å². The predicted octanol–water partition coefficient (Wildman–Crippen LogP) is -0.308. The van der Waals surface area contributed by atoms with Gasteiger partial charge in [-0.25, -0.2) is 9.59 Å². The van der Waals surface area contributed by atoms with Crippen LogP contribution in [0, 0.1) is 0 Å². The fourth-order valence-electron chi connectivity index (χ4n) is 4.10. The number of aliphatic hydroxyl groups is 7. The molecule has 14 heteroatoms. The number of carbonyl (C=O) groups is 2. The van der Waals surface area contributed by atoms with Gasteiger partial charge in [0.25, 0.3) is 0 Å². The minimum absolute atomic E-state index is 0.127. The molecule has 0 bridgehead atoms. The highest BCUT2D eigenvalue weighted by Gasteiger charge is 2.48. The Labute approximate surface area is 266 Å². The highest BCUT2D eigenvalue weighted by Crippen LogP contribution is 2.26. The Morgan fingerprint density at radius 1 is 0.630 bits per heavy atom. The summed E-state index contributed by atoms with van der Waals surface area (Å²) in [6.07, 6.45) is 0.855. The SMILES string of the molecule is CC(C=CC=C(C)C(=O)O)=C/C=C/C=C(C)/C=C/C=C(C)C(=O)O[C@@H]1O[C@H](CO[C@@H]2O[C@H](CO)[C@@H](O)[C@H](O)[C@H]2O)[C@@H](O)[C@H](O)[C@H]1O. The fourth-order valence-corrected chi connectivity index (χ4v) is 4.10. The number of carboxylic acid groups (broad SMARTS) is 1. The summed E-state index contributed by atoms with van der Waals surface area (Å²) in [6, 6.07) is 0. The van der Waals surface area contributed by atoms with E-state index >= 15 is 0 Å². The van der Waals surface area contributed by atoms with Crippen molar-refractivity contribution in [1.29, 1.82) is 0 Å². The molecule has 0 unspecified atom stereocenters. The molecule has 256 valence electrons. The van der Waals surface area contributed by atoms with E-state index in [1.165, 1.54) is 26.0 Å². The molecule has 2 heterocycles. The Balaban J connectivity index is 1.94. The molecule has 14 nitrogen and oxygen atoms in total. The van der Waals surface area contributed by atoms with Crippen LogP contribution in [0.4, 0.5) is 0 Å². The van der Waals surface area contributed by atoms with Gasteiger partial charge in [-0.3, -0.25) is 0 Å². The van der Waals surface area contributed by atoms with E-state index in [4.69, 9.17) is 24.1 Å². The molecular weight excluding hydrogens is 608 g/mol. The largest absolute Gasteiger partial charge is 0.478 e. The molecule has 0 spiro atoms. The van der Waals surface area contributed by atoms with Crippen LogP contribution in [0.5, 0.6) is 0 Å². The number of ether oxygens (including phenoxy) is 4. The Bertz CT molecular complexity index is 1240. The summed E-state index contributed by atoms with van der Waals surface area (Å²) in [7, 11) is 0. The summed E-state index contributed by atoms with van der Waals surface area (Å²) >= 11 is 0. The van der Waals surface area contributed by atoms with E-state index in [0.29, 0.717) is 0 Å². The molecule has 0 aliphatic carbocycles. The smallest absolute Gasteiger partial charge is 0.336 e. The molecule has 0 aromatic heterocycles. The Kier molecular flexibility index (Phi) is 15.9. The van der Waals surface area contributed by atoms with E-state index in [1.807, 2.05) is 32.1 Å². The van der Waals surface area contributed by atoms with E-state index < -0.39 is 86.6 Å². The van der Waals surface area contributed by atoms with Gasteiger partial charge in [0.2, 0.25) is 6.29 Å². The molecule has 2 rings (SSSR count). The number of aliphatic carboxylic acids is 1. The van der Waals surface area contributed by atoms with E-state index in [2.05, 4.69) is 0 Å². The van der Waals surface area contributed by atoms with E-state index in [9.17, 15) is 45.3 Å². The third kappa shape index (κ3) is 11.5. The third-order valence-electron chi connectivity index (χ3n) is 7.06. The van der Waals surface area contributed by atoms with Gasteiger partial charge in [0.15, 0.2) is 6.29 Å². The second kappa shape index (κ2) is 18.8. The van der Waals surface area contributed by atoms with Gasteiger partial charge >= 0.3 is 11.9 Å². The normalized spacial score (nSPS) is 33.7. The van der Waals surface area contributed by atoms with Crippen LogP contribution in [0.25, 0.3) is 0 Å². The minimum Gasteiger partial charge on any atom is -0.478 e. The van der Waals surface area contributed by atoms with Gasteiger partial charge in [0.05, 0.1) is 13.2 Å². The van der Waals surface area contributed by atoms with Gasteiger partial charge in [-0.05, 0) is 27.7 Å². The number of rotatable bonds is 13. The average Bonchev–Trinajstić information content (AvgIpc) is 3.02. The summed E-state index contributed by atoms with van der Waals surface area (Å²) in [6.45, 7) is 5.43. The van der Waals surface area contributed by atoms with Crippen molar-refractivity contribution in [2.24, 2.45) is 0 Å². The van der Waals surface area contributed by atoms with E-state index in [-0.39, 0.29) is 11.1 Å². The Morgan fingerprint density at radius 2 is 1.11 bits per heavy atom. The standard InChI is InChI=1S/C32H44O14/c1-17(11-7-13-19(3)29(40)41)9-5-6-10-18(2)12-8-14-20(4)30(42)46-32-28(39)26(37)24(35)22(45-32)16-43-31-27(38)25(36)23(34)21(15-33)44-31/h5-14,21-28,31-39H,15-16H2,1-4H3,(H,40,41)/b6-5+,11-7?,12-8+,17-9?,18-10+,19-13?,20-14?/t21-,22-,23-,24-,25+,26+,27-,28-,31-,32+/m1/s1. The van der Waals surface area contributed by atoms with Crippen LogP contribution < -0.4 is 0 Å². The highest BCUT2D eigenvalue weighted by molar-refractivity contribution is 5.88. The lowest BCUT2D eigenvalue weighted by Gasteiger charge is -2.42. The lowest BCUT2D eigenvalue weighted by Crippen LogP contribution is -2.61. The van der Waals surface area contributed by atoms with Gasteiger partial charge in [0.1, 0.15) is 48.8 Å². The molecule has 2 saturated heterocycles. The zero-order chi connectivity index (χ0) is 34.6. The zero-order valence-electron chi connectivity index (χ0n) is 26.0. The van der Waals surface area contributed by atoms with Crippen LogP contribution in [0.1, 0.15) is 27.7 Å². The molecule has 8 N–H and O–H groups in total. The van der Waals surface area contributed by atoms with Crippen molar-refractivity contribution in [1.82, 2.24) is 0 Å². The van der Waals surface area contributed by atoms with Gasteiger partial charge in [-0.2, -0.15) is 0 Å². The lowest BCUT2D eigenvalue weighted by molar-refractivity contribution is -0.326. The number of aliphatic hydroxyl groups excluding tert-OH is 7. The van der Waals surface area contributed by atoms with E-state index in [1.54, 1.807) is 30.4 Å². The number of hydrogen-bond acceptors (Lipinski definition) is 13. The number of esters is 1. The van der Waals surface area contributed by atoms with Crippen LogP contribution in [-0.2, 0) is 28.5 Å². The number of carboxylic acids is 1. The summed E-state index contributed by atoms with van der Waals surface area (Å²) in [5.74, 6) is -1.86. The van der Waals surface area contributed by atoms with Crippen molar-refractivity contribution in [2.45, 2.75) is 89.1 Å². The van der Waals surface area contributed by atoms with Gasteiger partial charge < -0.3 is 59.8 Å². The molecule has 2 aliphatic heterocycles. The molecule has 0 amide bonds. The molecular formula is C32H44O14. The maximum absolute atomic E-state index is 12.6. The molecule has 0 radical (unpaired) electrons. The maximum Gasteiger partial charge on any atom is 0.336 e. The van der Waals surface area contributed by atoms with Crippen molar-refractivity contribution in [3.63, 3.8) is 0 Å². The van der Waals surface area contributed by atoms with Crippen LogP contribution in [0.15, 0.2) is 83.1 Å². The van der Waals surface area contributed by atoms with Crippen molar-refractivity contribution in [3.05, 3.63) is 83.1 Å². The van der Waals surface area contributed by atoms with Crippen molar-refractivity contribution < 1.29 is 69.4 Å². The van der Waals surface area contributed by atoms with Gasteiger partial charge in [0, 0.05) is 11.1 Å². The summed E-state index contributed by atoms with van der Waals surface area (Å²) < 4.78 is 21.3. The van der Waals surface area contributed by atoms with Crippen molar-refractivity contribution in [2.75, 3.05) is 13.2 Å². The number of carbonyl (C=O) groups excluding carboxylic acids is 1.